The van der Waals surface area contributed by atoms with E-state index in [1.165, 1.54) is 7.11 Å². The van der Waals surface area contributed by atoms with Gasteiger partial charge in [0.2, 0.25) is 0 Å². The summed E-state index contributed by atoms with van der Waals surface area (Å²) in [4.78, 5) is 23.6. The zero-order valence-electron chi connectivity index (χ0n) is 13.9. The molecule has 3 atom stereocenters. The molecule has 0 aliphatic carbocycles. The number of epoxide rings is 1. The average Bonchev–Trinajstić information content (AvgIpc) is 3.25. The van der Waals surface area contributed by atoms with Crippen molar-refractivity contribution in [1.82, 2.24) is 5.32 Å². The first-order valence-electron chi connectivity index (χ1n) is 7.57. The molecular formula is C17H23NO5. The lowest BCUT2D eigenvalue weighted by Crippen LogP contribution is -2.44. The maximum Gasteiger partial charge on any atom is 0.407 e. The van der Waals surface area contributed by atoms with Crippen molar-refractivity contribution in [3.8, 4) is 0 Å². The lowest BCUT2D eigenvalue weighted by molar-refractivity contribution is -0.142. The Morgan fingerprint density at radius 2 is 1.91 bits per heavy atom. The van der Waals surface area contributed by atoms with Crippen LogP contribution in [0.1, 0.15) is 26.3 Å². The van der Waals surface area contributed by atoms with Gasteiger partial charge in [-0.05, 0) is 32.8 Å². The van der Waals surface area contributed by atoms with Gasteiger partial charge in [0, 0.05) is 0 Å². The van der Waals surface area contributed by atoms with Crippen molar-refractivity contribution in [1.29, 1.82) is 0 Å². The average molecular weight is 321 g/mol. The molecule has 23 heavy (non-hydrogen) atoms. The Balaban J connectivity index is 2.03. The van der Waals surface area contributed by atoms with Crippen LogP contribution in [0.3, 0.4) is 0 Å². The molecule has 1 amide bonds. The molecule has 6 nitrogen and oxygen atoms in total. The molecule has 1 saturated heterocycles. The third-order valence-electron chi connectivity index (χ3n) is 3.36. The van der Waals surface area contributed by atoms with E-state index < -0.39 is 29.9 Å². The van der Waals surface area contributed by atoms with Crippen LogP contribution in [0.5, 0.6) is 0 Å². The lowest BCUT2D eigenvalue weighted by atomic mass is 10.0. The smallest absolute Gasteiger partial charge is 0.407 e. The Labute approximate surface area is 136 Å². The second-order valence-corrected chi connectivity index (χ2v) is 6.49. The van der Waals surface area contributed by atoms with Gasteiger partial charge in [0.25, 0.3) is 0 Å². The van der Waals surface area contributed by atoms with Crippen LogP contribution in [-0.2, 0) is 25.4 Å². The van der Waals surface area contributed by atoms with Gasteiger partial charge < -0.3 is 19.5 Å². The molecule has 0 spiro atoms. The summed E-state index contributed by atoms with van der Waals surface area (Å²) in [6.07, 6.45) is -1.03. The third kappa shape index (κ3) is 5.25. The van der Waals surface area contributed by atoms with E-state index in [-0.39, 0.29) is 6.04 Å². The first kappa shape index (κ1) is 17.3. The van der Waals surface area contributed by atoms with Crippen LogP contribution in [0.2, 0.25) is 0 Å². The lowest BCUT2D eigenvalue weighted by Gasteiger charge is -2.23. The van der Waals surface area contributed by atoms with Crippen molar-refractivity contribution in [2.24, 2.45) is 0 Å². The minimum absolute atomic E-state index is 0.364. The molecule has 1 aromatic carbocycles. The van der Waals surface area contributed by atoms with Crippen LogP contribution in [0.25, 0.3) is 0 Å². The van der Waals surface area contributed by atoms with E-state index >= 15 is 0 Å². The molecule has 0 saturated carbocycles. The number of rotatable bonds is 5. The highest BCUT2D eigenvalue weighted by Crippen LogP contribution is 2.28. The third-order valence-corrected chi connectivity index (χ3v) is 3.36. The number of amides is 1. The molecule has 1 fully saturated rings. The van der Waals surface area contributed by atoms with Gasteiger partial charge in [-0.15, -0.1) is 0 Å². The molecule has 2 rings (SSSR count). The Kier molecular flexibility index (Phi) is 5.26. The van der Waals surface area contributed by atoms with Crippen LogP contribution < -0.4 is 5.32 Å². The molecule has 6 heteroatoms. The molecule has 0 aromatic heterocycles. The molecule has 0 unspecified atom stereocenters. The van der Waals surface area contributed by atoms with Crippen LogP contribution in [0.4, 0.5) is 4.79 Å². The van der Waals surface area contributed by atoms with Gasteiger partial charge >= 0.3 is 12.1 Å². The fourth-order valence-corrected chi connectivity index (χ4v) is 2.31. The largest absolute Gasteiger partial charge is 0.467 e. The Morgan fingerprint density at radius 1 is 1.26 bits per heavy atom. The normalized spacial score (nSPS) is 21.2. The van der Waals surface area contributed by atoms with Gasteiger partial charge in [0.05, 0.1) is 13.2 Å². The summed E-state index contributed by atoms with van der Waals surface area (Å²) < 4.78 is 15.4. The molecule has 1 heterocycles. The molecule has 1 aromatic rings. The fraction of sp³-hybridized carbons (Fsp3) is 0.529. The van der Waals surface area contributed by atoms with Crippen LogP contribution >= 0.6 is 0 Å². The number of ether oxygens (including phenoxy) is 3. The van der Waals surface area contributed by atoms with E-state index in [4.69, 9.17) is 9.47 Å². The number of hydrogen-bond acceptors (Lipinski definition) is 5. The summed E-state index contributed by atoms with van der Waals surface area (Å²) in [6, 6.07) is 9.32. The highest BCUT2D eigenvalue weighted by atomic mass is 16.6. The first-order chi connectivity index (χ1) is 10.8. The zero-order valence-corrected chi connectivity index (χ0v) is 13.9. The van der Waals surface area contributed by atoms with E-state index in [0.717, 1.165) is 5.56 Å². The number of carbonyl (C=O) groups is 2. The highest BCUT2D eigenvalue weighted by Gasteiger charge is 2.51. The summed E-state index contributed by atoms with van der Waals surface area (Å²) in [6.45, 7) is 5.39. The molecule has 0 radical (unpaired) electrons. The standard InChI is InChI=1S/C17H23NO5/c1-17(2,3)23-16(20)18-12(10-11-8-6-5-7-9-11)13-14(22-13)15(19)21-4/h5-9,12-14H,10H2,1-4H3,(H,18,20)/t12-,13-,14+/m0/s1. The van der Waals surface area contributed by atoms with Gasteiger partial charge in [-0.3, -0.25) is 0 Å². The monoisotopic (exact) mass is 321 g/mol. The summed E-state index contributed by atoms with van der Waals surface area (Å²) in [5, 5.41) is 2.80. The second-order valence-electron chi connectivity index (χ2n) is 6.49. The predicted molar refractivity (Wildman–Crippen MR) is 84.0 cm³/mol. The van der Waals surface area contributed by atoms with Crippen LogP contribution in [0, 0.1) is 0 Å². The van der Waals surface area contributed by atoms with E-state index in [2.05, 4.69) is 10.1 Å². The topological polar surface area (TPSA) is 77.2 Å². The Morgan fingerprint density at radius 3 is 2.48 bits per heavy atom. The summed E-state index contributed by atoms with van der Waals surface area (Å²) in [5.74, 6) is -0.431. The number of hydrogen-bond donors (Lipinski definition) is 1. The van der Waals surface area contributed by atoms with Crippen molar-refractivity contribution < 1.29 is 23.8 Å². The zero-order chi connectivity index (χ0) is 17.0. The highest BCUT2D eigenvalue weighted by molar-refractivity contribution is 5.78. The number of benzene rings is 1. The van der Waals surface area contributed by atoms with Gasteiger partial charge in [-0.1, -0.05) is 30.3 Å². The van der Waals surface area contributed by atoms with Crippen molar-refractivity contribution in [3.63, 3.8) is 0 Å². The molecule has 1 aliphatic heterocycles. The molecular weight excluding hydrogens is 298 g/mol. The minimum atomic E-state index is -0.636. The van der Waals surface area contributed by atoms with Crippen LogP contribution in [-0.4, -0.2) is 43.0 Å². The fourth-order valence-electron chi connectivity index (χ4n) is 2.31. The quantitative estimate of drug-likeness (QED) is 0.663. The van der Waals surface area contributed by atoms with Gasteiger partial charge in [-0.25, -0.2) is 9.59 Å². The second kappa shape index (κ2) is 7.00. The molecule has 126 valence electrons. The molecule has 1 N–H and O–H groups in total. The summed E-state index contributed by atoms with van der Waals surface area (Å²) >= 11 is 0. The number of nitrogens with one attached hydrogen (secondary N) is 1. The number of carbonyl (C=O) groups excluding carboxylic acids is 2. The number of esters is 1. The van der Waals surface area contributed by atoms with Crippen molar-refractivity contribution in [3.05, 3.63) is 35.9 Å². The van der Waals surface area contributed by atoms with Crippen molar-refractivity contribution >= 4 is 12.1 Å². The van der Waals surface area contributed by atoms with Crippen molar-refractivity contribution in [2.75, 3.05) is 7.11 Å². The van der Waals surface area contributed by atoms with E-state index in [9.17, 15) is 9.59 Å². The molecule has 1 aliphatic rings. The van der Waals surface area contributed by atoms with Gasteiger partial charge in [0.15, 0.2) is 6.10 Å². The predicted octanol–water partition coefficient (Wildman–Crippen LogP) is 2.06. The summed E-state index contributed by atoms with van der Waals surface area (Å²) in [5.41, 5.74) is 0.445. The van der Waals surface area contributed by atoms with E-state index in [0.29, 0.717) is 6.42 Å². The number of methoxy groups -OCH3 is 1. The molecule has 0 bridgehead atoms. The van der Waals surface area contributed by atoms with E-state index in [1.54, 1.807) is 20.8 Å². The van der Waals surface area contributed by atoms with E-state index in [1.807, 2.05) is 30.3 Å². The Bertz CT molecular complexity index is 552. The SMILES string of the molecule is COC(=O)[C@@H]1O[C@H]1[C@H](Cc1ccccc1)NC(=O)OC(C)(C)C. The number of alkyl carbamates (subject to hydrolysis) is 1. The maximum absolute atomic E-state index is 12.0. The van der Waals surface area contributed by atoms with Crippen LogP contribution in [0.15, 0.2) is 30.3 Å². The van der Waals surface area contributed by atoms with Gasteiger partial charge in [0.1, 0.15) is 11.7 Å². The Hall–Kier alpha value is -2.08. The first-order valence-corrected chi connectivity index (χ1v) is 7.57. The summed E-state index contributed by atoms with van der Waals surface area (Å²) in [7, 11) is 1.31. The van der Waals surface area contributed by atoms with Crippen molar-refractivity contribution in [2.45, 2.75) is 51.0 Å². The van der Waals surface area contributed by atoms with Gasteiger partial charge in [-0.2, -0.15) is 0 Å². The maximum atomic E-state index is 12.0. The minimum Gasteiger partial charge on any atom is -0.467 e.